The van der Waals surface area contributed by atoms with Crippen LogP contribution in [0.1, 0.15) is 24.0 Å². The van der Waals surface area contributed by atoms with Gasteiger partial charge in [0.1, 0.15) is 0 Å². The average molecular weight is 262 g/mol. The van der Waals surface area contributed by atoms with Crippen molar-refractivity contribution in [2.45, 2.75) is 25.9 Å². The molecule has 0 aromatic heterocycles. The summed E-state index contributed by atoms with van der Waals surface area (Å²) < 4.78 is 5.26. The molecule has 1 aromatic carbocycles. The Morgan fingerprint density at radius 2 is 1.89 bits per heavy atom. The maximum absolute atomic E-state index is 5.26. The number of hydrogen-bond donors (Lipinski definition) is 1. The van der Waals surface area contributed by atoms with E-state index in [1.807, 2.05) is 7.05 Å². The minimum absolute atomic E-state index is 0.758. The molecule has 1 heterocycles. The normalized spacial score (nSPS) is 17.8. The molecule has 3 nitrogen and oxygen atoms in total. The van der Waals surface area contributed by atoms with Gasteiger partial charge in [-0.3, -0.25) is 4.90 Å². The Balaban J connectivity index is 1.88. The van der Waals surface area contributed by atoms with Gasteiger partial charge < -0.3 is 10.1 Å². The molecule has 0 spiro atoms. The van der Waals surface area contributed by atoms with Crippen molar-refractivity contribution in [2.75, 3.05) is 33.9 Å². The van der Waals surface area contributed by atoms with Gasteiger partial charge in [-0.25, -0.2) is 0 Å². The molecule has 0 aliphatic carbocycles. The van der Waals surface area contributed by atoms with Gasteiger partial charge in [-0.2, -0.15) is 0 Å². The molecular weight excluding hydrogens is 236 g/mol. The van der Waals surface area contributed by atoms with Gasteiger partial charge in [0.15, 0.2) is 0 Å². The smallest absolute Gasteiger partial charge is 0.0491 e. The Morgan fingerprint density at radius 3 is 2.53 bits per heavy atom. The molecule has 1 N–H and O–H groups in total. The second-order valence-corrected chi connectivity index (χ2v) is 5.47. The summed E-state index contributed by atoms with van der Waals surface area (Å²) in [6.45, 7) is 5.35. The first-order chi connectivity index (χ1) is 9.33. The van der Waals surface area contributed by atoms with Gasteiger partial charge in [0.25, 0.3) is 0 Å². The molecule has 1 saturated heterocycles. The van der Waals surface area contributed by atoms with Crippen molar-refractivity contribution in [1.82, 2.24) is 10.2 Å². The van der Waals surface area contributed by atoms with E-state index in [9.17, 15) is 0 Å². The third-order valence-corrected chi connectivity index (χ3v) is 3.99. The Morgan fingerprint density at radius 1 is 1.21 bits per heavy atom. The molecule has 1 aliphatic rings. The Kier molecular flexibility index (Phi) is 5.83. The van der Waals surface area contributed by atoms with Crippen molar-refractivity contribution in [3.8, 4) is 0 Å². The highest BCUT2D eigenvalue weighted by Crippen LogP contribution is 2.20. The topological polar surface area (TPSA) is 24.5 Å². The number of rotatable bonds is 6. The summed E-state index contributed by atoms with van der Waals surface area (Å²) in [7, 11) is 3.81. The van der Waals surface area contributed by atoms with Crippen LogP contribution in [0.2, 0.25) is 0 Å². The van der Waals surface area contributed by atoms with Gasteiger partial charge in [-0.1, -0.05) is 24.3 Å². The van der Waals surface area contributed by atoms with Crippen LogP contribution in [0.4, 0.5) is 0 Å². The molecule has 3 heteroatoms. The van der Waals surface area contributed by atoms with Gasteiger partial charge >= 0.3 is 0 Å². The summed E-state index contributed by atoms with van der Waals surface area (Å²) in [5.74, 6) is 0.758. The van der Waals surface area contributed by atoms with Crippen LogP contribution >= 0.6 is 0 Å². The maximum Gasteiger partial charge on any atom is 0.0491 e. The van der Waals surface area contributed by atoms with E-state index in [2.05, 4.69) is 34.5 Å². The summed E-state index contributed by atoms with van der Waals surface area (Å²) >= 11 is 0. The highest BCUT2D eigenvalue weighted by Gasteiger charge is 2.19. The maximum atomic E-state index is 5.26. The standard InChI is InChI=1S/C16H26N2O/c1-17-11-15-5-3-4-6-16(15)12-18-9-7-14(8-10-18)13-19-2/h3-6,14,17H,7-13H2,1-2H3. The first-order valence-corrected chi connectivity index (χ1v) is 7.26. The molecule has 1 aromatic rings. The first-order valence-electron chi connectivity index (χ1n) is 7.26. The molecule has 1 fully saturated rings. The predicted molar refractivity (Wildman–Crippen MR) is 79.1 cm³/mol. The molecule has 106 valence electrons. The van der Waals surface area contributed by atoms with Gasteiger partial charge in [0.2, 0.25) is 0 Å². The molecule has 1 aliphatic heterocycles. The Hall–Kier alpha value is -0.900. The molecule has 0 radical (unpaired) electrons. The van der Waals surface area contributed by atoms with Crippen LogP contribution in [-0.4, -0.2) is 38.8 Å². The summed E-state index contributed by atoms with van der Waals surface area (Å²) in [6.07, 6.45) is 2.53. The number of hydrogen-bond acceptors (Lipinski definition) is 3. The van der Waals surface area contributed by atoms with E-state index in [-0.39, 0.29) is 0 Å². The molecule has 0 unspecified atom stereocenters. The second-order valence-electron chi connectivity index (χ2n) is 5.47. The Bertz CT molecular complexity index is 373. The van der Waals surface area contributed by atoms with Crippen molar-refractivity contribution < 1.29 is 4.74 Å². The molecule has 0 atom stereocenters. The van der Waals surface area contributed by atoms with E-state index in [0.29, 0.717) is 0 Å². The number of likely N-dealkylation sites (tertiary alicyclic amines) is 1. The number of methoxy groups -OCH3 is 1. The Labute approximate surface area is 116 Å². The zero-order valence-corrected chi connectivity index (χ0v) is 12.2. The fraction of sp³-hybridized carbons (Fsp3) is 0.625. The number of nitrogens with one attached hydrogen (secondary N) is 1. The third kappa shape index (κ3) is 4.30. The van der Waals surface area contributed by atoms with Crippen molar-refractivity contribution in [3.05, 3.63) is 35.4 Å². The highest BCUT2D eigenvalue weighted by molar-refractivity contribution is 5.27. The monoisotopic (exact) mass is 262 g/mol. The number of nitrogens with zero attached hydrogens (tertiary/aromatic N) is 1. The predicted octanol–water partition coefficient (Wildman–Crippen LogP) is 2.26. The minimum atomic E-state index is 0.758. The lowest BCUT2D eigenvalue weighted by Crippen LogP contribution is -2.34. The van der Waals surface area contributed by atoms with E-state index in [4.69, 9.17) is 4.74 Å². The largest absolute Gasteiger partial charge is 0.384 e. The van der Waals surface area contributed by atoms with E-state index >= 15 is 0 Å². The molecular formula is C16H26N2O. The summed E-state index contributed by atoms with van der Waals surface area (Å²) in [5, 5.41) is 3.25. The second kappa shape index (κ2) is 7.63. The fourth-order valence-corrected chi connectivity index (χ4v) is 2.86. The third-order valence-electron chi connectivity index (χ3n) is 3.99. The zero-order chi connectivity index (χ0) is 13.5. The van der Waals surface area contributed by atoms with E-state index in [1.165, 1.54) is 37.1 Å². The molecule has 2 rings (SSSR count). The quantitative estimate of drug-likeness (QED) is 0.851. The molecule has 0 amide bonds. The number of benzene rings is 1. The van der Waals surface area contributed by atoms with Crippen LogP contribution in [0.3, 0.4) is 0 Å². The van der Waals surface area contributed by atoms with Crippen LogP contribution in [-0.2, 0) is 17.8 Å². The summed E-state index contributed by atoms with van der Waals surface area (Å²) in [4.78, 5) is 2.57. The molecule has 0 saturated carbocycles. The van der Waals surface area contributed by atoms with E-state index in [0.717, 1.165) is 25.6 Å². The van der Waals surface area contributed by atoms with Crippen LogP contribution < -0.4 is 5.32 Å². The lowest BCUT2D eigenvalue weighted by molar-refractivity contribution is 0.0967. The highest BCUT2D eigenvalue weighted by atomic mass is 16.5. The number of piperidine rings is 1. The van der Waals surface area contributed by atoms with Crippen molar-refractivity contribution in [1.29, 1.82) is 0 Å². The summed E-state index contributed by atoms with van der Waals surface area (Å²) in [6, 6.07) is 8.75. The minimum Gasteiger partial charge on any atom is -0.384 e. The van der Waals surface area contributed by atoms with Crippen molar-refractivity contribution in [2.24, 2.45) is 5.92 Å². The van der Waals surface area contributed by atoms with Crippen LogP contribution in [0.5, 0.6) is 0 Å². The lowest BCUT2D eigenvalue weighted by Gasteiger charge is -2.32. The number of ether oxygens (including phenoxy) is 1. The average Bonchev–Trinajstić information content (AvgIpc) is 2.44. The SMILES string of the molecule is CNCc1ccccc1CN1CCC(COC)CC1. The lowest BCUT2D eigenvalue weighted by atomic mass is 9.97. The van der Waals surface area contributed by atoms with Crippen molar-refractivity contribution >= 4 is 0 Å². The fourth-order valence-electron chi connectivity index (χ4n) is 2.86. The van der Waals surface area contributed by atoms with Crippen LogP contribution in [0.15, 0.2) is 24.3 Å². The van der Waals surface area contributed by atoms with E-state index in [1.54, 1.807) is 7.11 Å². The molecule has 0 bridgehead atoms. The first kappa shape index (κ1) is 14.5. The van der Waals surface area contributed by atoms with Crippen molar-refractivity contribution in [3.63, 3.8) is 0 Å². The van der Waals surface area contributed by atoms with Crippen LogP contribution in [0.25, 0.3) is 0 Å². The van der Waals surface area contributed by atoms with Gasteiger partial charge in [0.05, 0.1) is 0 Å². The summed E-state index contributed by atoms with van der Waals surface area (Å²) in [5.41, 5.74) is 2.88. The van der Waals surface area contributed by atoms with Crippen LogP contribution in [0, 0.1) is 5.92 Å². The zero-order valence-electron chi connectivity index (χ0n) is 12.2. The van der Waals surface area contributed by atoms with Gasteiger partial charge in [0, 0.05) is 26.8 Å². The van der Waals surface area contributed by atoms with Gasteiger partial charge in [-0.15, -0.1) is 0 Å². The molecule has 19 heavy (non-hydrogen) atoms. The van der Waals surface area contributed by atoms with Gasteiger partial charge in [-0.05, 0) is 50.0 Å². The van der Waals surface area contributed by atoms with E-state index < -0.39 is 0 Å².